The number of halogens is 3. The number of nitrogens with one attached hydrogen (secondary N) is 2. The van der Waals surface area contributed by atoms with Crippen LogP contribution in [0, 0.1) is 0 Å². The number of fused-ring (bicyclic) bond motifs is 2. The fourth-order valence-corrected chi connectivity index (χ4v) is 5.66. The second-order valence-electron chi connectivity index (χ2n) is 10.6. The minimum Gasteiger partial charge on any atom is -1.00 e. The Morgan fingerprint density at radius 3 is 2.57 bits per heavy atom. The van der Waals surface area contributed by atoms with Crippen molar-refractivity contribution in [2.45, 2.75) is 38.3 Å². The molecule has 42 heavy (non-hydrogen) atoms. The third kappa shape index (κ3) is 7.41. The van der Waals surface area contributed by atoms with E-state index >= 15 is 0 Å². The molecule has 7 nitrogen and oxygen atoms in total. The average Bonchev–Trinajstić information content (AvgIpc) is 3.18. The summed E-state index contributed by atoms with van der Waals surface area (Å²) < 4.78 is 7.96. The van der Waals surface area contributed by atoms with Crippen LogP contribution in [0.4, 0.5) is 0 Å². The van der Waals surface area contributed by atoms with Crippen molar-refractivity contribution in [3.8, 4) is 5.75 Å². The van der Waals surface area contributed by atoms with Crippen molar-refractivity contribution >= 4 is 33.3 Å². The summed E-state index contributed by atoms with van der Waals surface area (Å²) in [5.74, 6) is 0.708. The monoisotopic (exact) mass is 628 g/mol. The molecule has 1 aliphatic heterocycles. The number of hydrogen-bond donors (Lipinski definition) is 1. The first-order valence-corrected chi connectivity index (χ1v) is 14.1. The van der Waals surface area contributed by atoms with Gasteiger partial charge >= 0.3 is 0 Å². The number of pyridine rings is 1. The fourth-order valence-electron chi connectivity index (χ4n) is 5.54. The molecule has 1 aliphatic rings. The summed E-state index contributed by atoms with van der Waals surface area (Å²) >= 11 is 6.14. The quantitative estimate of drug-likeness (QED) is 0.227. The molecule has 0 bridgehead atoms. The molecule has 6 rings (SSSR count). The number of benzene rings is 3. The van der Waals surface area contributed by atoms with Crippen molar-refractivity contribution in [2.24, 2.45) is 0 Å². The van der Waals surface area contributed by atoms with E-state index in [0.717, 1.165) is 65.6 Å². The number of quaternary nitrogens is 1. The molecular weight excluding hydrogens is 595 g/mol. The van der Waals surface area contributed by atoms with Gasteiger partial charge in [-0.3, -0.25) is 4.79 Å². The van der Waals surface area contributed by atoms with E-state index in [9.17, 15) is 4.79 Å². The predicted molar refractivity (Wildman–Crippen MR) is 158 cm³/mol. The number of aromatic amines is 1. The topological polar surface area (TPSA) is 94.2 Å². The smallest absolute Gasteiger partial charge is 0.274 e. The molecule has 0 aliphatic carbocycles. The van der Waals surface area contributed by atoms with E-state index in [1.54, 1.807) is 4.68 Å². The zero-order chi connectivity index (χ0) is 26.8. The summed E-state index contributed by atoms with van der Waals surface area (Å²) in [5, 5.41) is 8.38. The van der Waals surface area contributed by atoms with Gasteiger partial charge in [-0.15, -0.1) is 0 Å². The third-order valence-electron chi connectivity index (χ3n) is 7.76. The second kappa shape index (κ2) is 14.8. The Kier molecular flexibility index (Phi) is 11.7. The lowest BCUT2D eigenvalue weighted by molar-refractivity contribution is -0.878. The van der Waals surface area contributed by atoms with Gasteiger partial charge in [0.05, 0.1) is 37.3 Å². The molecule has 0 amide bonds. The molecule has 4 N–H and O–H groups in total. The van der Waals surface area contributed by atoms with Crippen LogP contribution in [0.2, 0.25) is 5.02 Å². The van der Waals surface area contributed by atoms with Gasteiger partial charge in [0.1, 0.15) is 5.75 Å². The van der Waals surface area contributed by atoms with E-state index in [1.807, 2.05) is 60.7 Å². The molecule has 3 heterocycles. The molecule has 0 radical (unpaired) electrons. The van der Waals surface area contributed by atoms with Gasteiger partial charge in [-0.25, -0.2) is 9.67 Å². The molecule has 222 valence electrons. The van der Waals surface area contributed by atoms with E-state index in [0.29, 0.717) is 29.2 Å². The van der Waals surface area contributed by atoms with Gasteiger partial charge in [0.25, 0.3) is 5.56 Å². The van der Waals surface area contributed by atoms with Crippen LogP contribution in [0.5, 0.6) is 5.75 Å². The first-order chi connectivity index (χ1) is 19.0. The van der Waals surface area contributed by atoms with Crippen LogP contribution in [-0.2, 0) is 13.0 Å². The first-order valence-electron chi connectivity index (χ1n) is 13.7. The average molecular weight is 630 g/mol. The zero-order valence-electron chi connectivity index (χ0n) is 23.4. The van der Waals surface area contributed by atoms with Crippen LogP contribution in [0.15, 0.2) is 83.7 Å². The van der Waals surface area contributed by atoms with Crippen LogP contribution in [-0.4, -0.2) is 35.4 Å². The maximum absolute atomic E-state index is 13.7. The number of likely N-dealkylation sites (tertiary alicyclic amines) is 1. The lowest BCUT2D eigenvalue weighted by atomic mass is 10.0. The van der Waals surface area contributed by atoms with Crippen molar-refractivity contribution in [1.82, 2.24) is 9.78 Å². The Labute approximate surface area is 262 Å². The fraction of sp³-hybridized carbons (Fsp3) is 0.281. The number of ether oxygens (including phenoxy) is 1. The van der Waals surface area contributed by atoms with Gasteiger partial charge < -0.3 is 39.9 Å². The van der Waals surface area contributed by atoms with Crippen molar-refractivity contribution < 1.29 is 44.9 Å². The summed E-state index contributed by atoms with van der Waals surface area (Å²) in [6.45, 7) is 2.57. The molecule has 0 saturated carbocycles. The Balaban J connectivity index is 0.00000161. The summed E-state index contributed by atoms with van der Waals surface area (Å²) in [5.41, 5.74) is 3.99. The van der Waals surface area contributed by atoms with Crippen LogP contribution in [0.3, 0.4) is 0 Å². The number of aromatic nitrogens is 3. The Morgan fingerprint density at radius 1 is 0.976 bits per heavy atom. The molecule has 2 aromatic heterocycles. The lowest BCUT2D eigenvalue weighted by Gasteiger charge is -2.19. The Morgan fingerprint density at radius 2 is 1.76 bits per heavy atom. The van der Waals surface area contributed by atoms with E-state index in [2.05, 4.69) is 30.2 Å². The number of para-hydroxylation sites is 1. The molecule has 1 saturated heterocycles. The SMILES string of the molecule is C[NH+]1CCCC(n2nc(Cc3ccc(Cl)cc3)c3cc(OCc4ccc5ccccc5[nH+]4)ccc3c2=O)CC1.O.[Cl-].[Cl-]. The highest BCUT2D eigenvalue weighted by Gasteiger charge is 2.23. The minimum absolute atomic E-state index is 0. The standard InChI is InChI=1S/C32H31ClN4O2.2ClH.H2O/c1-36-17-4-6-26(16-18-36)37-32(38)28-15-14-27(39-21-25-13-10-23-5-2-3-7-30(23)34-25)20-29(28)31(35-37)19-22-8-11-24(33)12-9-22;;;/h2-3,5,7-15,20,26H,4,6,16-19,21H2,1H3;2*1H;1H2. The lowest BCUT2D eigenvalue weighted by Crippen LogP contribution is -3.08. The van der Waals surface area contributed by atoms with Crippen LogP contribution >= 0.6 is 11.6 Å². The van der Waals surface area contributed by atoms with Gasteiger partial charge in [0, 0.05) is 40.8 Å². The molecule has 5 aromatic rings. The first kappa shape index (κ1) is 33.3. The van der Waals surface area contributed by atoms with E-state index in [-0.39, 0.29) is 41.9 Å². The van der Waals surface area contributed by atoms with Crippen LogP contribution in [0.1, 0.15) is 42.3 Å². The van der Waals surface area contributed by atoms with Crippen molar-refractivity contribution in [3.05, 3.63) is 111 Å². The summed E-state index contributed by atoms with van der Waals surface area (Å²) in [6, 6.07) is 26.0. The van der Waals surface area contributed by atoms with Crippen LogP contribution < -0.4 is 45.0 Å². The molecule has 1 fully saturated rings. The zero-order valence-corrected chi connectivity index (χ0v) is 25.6. The van der Waals surface area contributed by atoms with Gasteiger partial charge in [0.2, 0.25) is 11.2 Å². The van der Waals surface area contributed by atoms with Gasteiger partial charge in [-0.05, 0) is 60.9 Å². The van der Waals surface area contributed by atoms with Crippen molar-refractivity contribution in [2.75, 3.05) is 20.1 Å². The largest absolute Gasteiger partial charge is 1.00 e. The molecule has 10 heteroatoms. The normalized spacial score (nSPS) is 16.5. The number of nitrogens with zero attached hydrogens (tertiary/aromatic N) is 2. The second-order valence-corrected chi connectivity index (χ2v) is 11.0. The number of rotatable bonds is 6. The molecule has 3 aromatic carbocycles. The van der Waals surface area contributed by atoms with Crippen LogP contribution in [0.25, 0.3) is 21.7 Å². The maximum atomic E-state index is 13.7. The highest BCUT2D eigenvalue weighted by molar-refractivity contribution is 6.30. The Bertz CT molecular complexity index is 1700. The van der Waals surface area contributed by atoms with E-state index in [4.69, 9.17) is 21.4 Å². The van der Waals surface area contributed by atoms with Crippen molar-refractivity contribution in [3.63, 3.8) is 0 Å². The molecule has 2 unspecified atom stereocenters. The number of H-pyrrole nitrogens is 1. The third-order valence-corrected chi connectivity index (χ3v) is 8.01. The predicted octanol–water partition coefficient (Wildman–Crippen LogP) is -2.39. The highest BCUT2D eigenvalue weighted by Crippen LogP contribution is 2.26. The Hall–Kier alpha value is -3.20. The summed E-state index contributed by atoms with van der Waals surface area (Å²) in [4.78, 5) is 18.7. The summed E-state index contributed by atoms with van der Waals surface area (Å²) in [6.07, 6.45) is 3.62. The van der Waals surface area contributed by atoms with E-state index in [1.165, 1.54) is 4.90 Å². The number of hydrogen-bond acceptors (Lipinski definition) is 3. The molecule has 2 atom stereocenters. The van der Waals surface area contributed by atoms with Crippen molar-refractivity contribution in [1.29, 1.82) is 0 Å². The minimum atomic E-state index is -0.0242. The van der Waals surface area contributed by atoms with E-state index < -0.39 is 0 Å². The summed E-state index contributed by atoms with van der Waals surface area (Å²) in [7, 11) is 2.22. The highest BCUT2D eigenvalue weighted by atomic mass is 35.5. The maximum Gasteiger partial charge on any atom is 0.274 e. The van der Waals surface area contributed by atoms with Gasteiger partial charge in [-0.2, -0.15) is 5.10 Å². The molecular formula is C32H35Cl3N4O3. The van der Waals surface area contributed by atoms with Gasteiger partial charge in [-0.1, -0.05) is 35.9 Å². The molecule has 0 spiro atoms. The van der Waals surface area contributed by atoms with Gasteiger partial charge in [0.15, 0.2) is 6.61 Å².